The van der Waals surface area contributed by atoms with Gasteiger partial charge in [-0.3, -0.25) is 0 Å². The zero-order valence-electron chi connectivity index (χ0n) is 11.9. The maximum Gasteiger partial charge on any atom is 0.0611 e. The molecule has 1 aliphatic carbocycles. The van der Waals surface area contributed by atoms with E-state index in [1.807, 2.05) is 0 Å². The van der Waals surface area contributed by atoms with Crippen LogP contribution in [0.25, 0.3) is 0 Å². The smallest absolute Gasteiger partial charge is 0.0611 e. The molecule has 4 nitrogen and oxygen atoms in total. The Bertz CT molecular complexity index is 264. The first-order valence-electron chi connectivity index (χ1n) is 7.34. The molecule has 0 spiro atoms. The van der Waals surface area contributed by atoms with Crippen LogP contribution in [-0.4, -0.2) is 66.3 Å². The van der Waals surface area contributed by atoms with Crippen LogP contribution in [0.4, 0.5) is 0 Å². The Morgan fingerprint density at radius 1 is 1.28 bits per heavy atom. The minimum atomic E-state index is -0.318. The molecular weight excluding hydrogens is 226 g/mol. The molecule has 1 saturated heterocycles. The molecule has 0 aromatic rings. The minimum absolute atomic E-state index is 0.137. The van der Waals surface area contributed by atoms with Gasteiger partial charge in [0.2, 0.25) is 0 Å². The van der Waals surface area contributed by atoms with Crippen molar-refractivity contribution in [3.8, 4) is 0 Å². The van der Waals surface area contributed by atoms with Crippen LogP contribution in [0.1, 0.15) is 38.5 Å². The highest BCUT2D eigenvalue weighted by atomic mass is 16.3. The van der Waals surface area contributed by atoms with E-state index in [0.29, 0.717) is 6.04 Å². The standard InChI is InChI=1S/C14H29N3O/c1-16(2)12-5-8-17(9-6-12)13-4-3-7-14(15,10-13)11-18/h12-13,18H,3-11,15H2,1-2H3. The quantitative estimate of drug-likeness (QED) is 0.777. The first-order valence-corrected chi connectivity index (χ1v) is 7.34. The highest BCUT2D eigenvalue weighted by molar-refractivity contribution is 4.95. The van der Waals surface area contributed by atoms with Crippen molar-refractivity contribution in [2.45, 2.75) is 56.1 Å². The molecule has 0 bridgehead atoms. The van der Waals surface area contributed by atoms with Crippen LogP contribution >= 0.6 is 0 Å². The molecule has 0 amide bonds. The average Bonchev–Trinajstić information content (AvgIpc) is 2.39. The van der Waals surface area contributed by atoms with E-state index in [2.05, 4.69) is 23.9 Å². The van der Waals surface area contributed by atoms with Gasteiger partial charge in [-0.25, -0.2) is 0 Å². The Labute approximate surface area is 111 Å². The molecule has 2 rings (SSSR count). The summed E-state index contributed by atoms with van der Waals surface area (Å²) < 4.78 is 0. The summed E-state index contributed by atoms with van der Waals surface area (Å²) in [6.07, 6.45) is 6.89. The molecule has 3 N–H and O–H groups in total. The summed E-state index contributed by atoms with van der Waals surface area (Å²) in [6.45, 7) is 2.52. The fourth-order valence-corrected chi connectivity index (χ4v) is 3.59. The summed E-state index contributed by atoms with van der Waals surface area (Å²) >= 11 is 0. The van der Waals surface area contributed by atoms with E-state index >= 15 is 0 Å². The molecule has 2 atom stereocenters. The Morgan fingerprint density at radius 3 is 2.50 bits per heavy atom. The maximum absolute atomic E-state index is 9.43. The molecule has 18 heavy (non-hydrogen) atoms. The number of hydrogen-bond donors (Lipinski definition) is 2. The van der Waals surface area contributed by atoms with Crippen LogP contribution in [0.15, 0.2) is 0 Å². The van der Waals surface area contributed by atoms with Gasteiger partial charge >= 0.3 is 0 Å². The monoisotopic (exact) mass is 255 g/mol. The number of aliphatic hydroxyl groups excluding tert-OH is 1. The largest absolute Gasteiger partial charge is 0.394 e. The van der Waals surface area contributed by atoms with Crippen LogP contribution in [0.2, 0.25) is 0 Å². The van der Waals surface area contributed by atoms with Crippen molar-refractivity contribution in [1.82, 2.24) is 9.80 Å². The zero-order valence-corrected chi connectivity index (χ0v) is 11.9. The summed E-state index contributed by atoms with van der Waals surface area (Å²) in [4.78, 5) is 4.95. The van der Waals surface area contributed by atoms with Gasteiger partial charge < -0.3 is 20.6 Å². The van der Waals surface area contributed by atoms with Gasteiger partial charge in [0.15, 0.2) is 0 Å². The van der Waals surface area contributed by atoms with Crippen molar-refractivity contribution in [3.05, 3.63) is 0 Å². The van der Waals surface area contributed by atoms with E-state index in [4.69, 9.17) is 5.73 Å². The molecular formula is C14H29N3O. The van der Waals surface area contributed by atoms with Gasteiger partial charge in [-0.05, 0) is 65.7 Å². The van der Waals surface area contributed by atoms with Gasteiger partial charge in [-0.1, -0.05) is 0 Å². The van der Waals surface area contributed by atoms with Crippen molar-refractivity contribution in [1.29, 1.82) is 0 Å². The Morgan fingerprint density at radius 2 is 1.94 bits per heavy atom. The molecule has 1 aliphatic heterocycles. The maximum atomic E-state index is 9.43. The van der Waals surface area contributed by atoms with E-state index in [9.17, 15) is 5.11 Å². The Kier molecular flexibility index (Phi) is 4.64. The molecule has 0 radical (unpaired) electrons. The van der Waals surface area contributed by atoms with Crippen molar-refractivity contribution in [3.63, 3.8) is 0 Å². The van der Waals surface area contributed by atoms with Crippen molar-refractivity contribution in [2.75, 3.05) is 33.8 Å². The fraction of sp³-hybridized carbons (Fsp3) is 1.00. The number of likely N-dealkylation sites (tertiary alicyclic amines) is 1. The second-order valence-electron chi connectivity index (χ2n) is 6.50. The zero-order chi connectivity index (χ0) is 13.2. The lowest BCUT2D eigenvalue weighted by molar-refractivity contribution is 0.0521. The fourth-order valence-electron chi connectivity index (χ4n) is 3.59. The second kappa shape index (κ2) is 5.87. The summed E-state index contributed by atoms with van der Waals surface area (Å²) in [7, 11) is 4.36. The molecule has 2 fully saturated rings. The van der Waals surface area contributed by atoms with E-state index in [1.165, 1.54) is 32.4 Å². The third-order valence-corrected chi connectivity index (χ3v) is 4.91. The van der Waals surface area contributed by atoms with Gasteiger partial charge in [0.1, 0.15) is 0 Å². The van der Waals surface area contributed by atoms with Gasteiger partial charge in [0, 0.05) is 17.6 Å². The van der Waals surface area contributed by atoms with Gasteiger partial charge in [0.05, 0.1) is 6.61 Å². The first-order chi connectivity index (χ1) is 8.54. The summed E-state index contributed by atoms with van der Waals surface area (Å²) in [5.74, 6) is 0. The highest BCUT2D eigenvalue weighted by Crippen LogP contribution is 2.31. The van der Waals surface area contributed by atoms with E-state index in [-0.39, 0.29) is 12.1 Å². The van der Waals surface area contributed by atoms with E-state index < -0.39 is 0 Å². The Hall–Kier alpha value is -0.160. The molecule has 2 unspecified atom stereocenters. The number of piperidine rings is 1. The first kappa shape index (κ1) is 14.3. The summed E-state index contributed by atoms with van der Waals surface area (Å²) in [5.41, 5.74) is 5.93. The van der Waals surface area contributed by atoms with E-state index in [0.717, 1.165) is 25.3 Å². The third kappa shape index (κ3) is 3.23. The van der Waals surface area contributed by atoms with Gasteiger partial charge in [0.25, 0.3) is 0 Å². The van der Waals surface area contributed by atoms with Crippen LogP contribution in [0, 0.1) is 0 Å². The molecule has 1 heterocycles. The lowest BCUT2D eigenvalue weighted by atomic mass is 9.79. The average molecular weight is 255 g/mol. The van der Waals surface area contributed by atoms with Crippen molar-refractivity contribution >= 4 is 0 Å². The summed E-state index contributed by atoms with van der Waals surface area (Å²) in [6, 6.07) is 1.34. The second-order valence-corrected chi connectivity index (χ2v) is 6.50. The third-order valence-electron chi connectivity index (χ3n) is 4.91. The molecule has 2 aliphatic rings. The lowest BCUT2D eigenvalue weighted by Gasteiger charge is -2.45. The molecule has 0 aromatic heterocycles. The number of rotatable bonds is 3. The summed E-state index contributed by atoms with van der Waals surface area (Å²) in [5, 5.41) is 9.43. The van der Waals surface area contributed by atoms with Crippen molar-refractivity contribution in [2.24, 2.45) is 5.73 Å². The number of hydrogen-bond acceptors (Lipinski definition) is 4. The predicted octanol–water partition coefficient (Wildman–Crippen LogP) is 0.645. The molecule has 106 valence electrons. The van der Waals surface area contributed by atoms with Crippen LogP contribution in [0.5, 0.6) is 0 Å². The van der Waals surface area contributed by atoms with Gasteiger partial charge in [-0.2, -0.15) is 0 Å². The SMILES string of the molecule is CN(C)C1CCN(C2CCCC(N)(CO)C2)CC1. The van der Waals surface area contributed by atoms with Crippen LogP contribution in [-0.2, 0) is 0 Å². The lowest BCUT2D eigenvalue weighted by Crippen LogP contribution is -2.55. The highest BCUT2D eigenvalue weighted by Gasteiger charge is 2.36. The molecule has 4 heteroatoms. The minimum Gasteiger partial charge on any atom is -0.394 e. The van der Waals surface area contributed by atoms with E-state index in [1.54, 1.807) is 0 Å². The normalized spacial score (nSPS) is 36.2. The number of nitrogens with zero attached hydrogens (tertiary/aromatic N) is 2. The van der Waals surface area contributed by atoms with Crippen molar-refractivity contribution < 1.29 is 5.11 Å². The van der Waals surface area contributed by atoms with Gasteiger partial charge in [-0.15, -0.1) is 0 Å². The van der Waals surface area contributed by atoms with Crippen LogP contribution in [0.3, 0.4) is 0 Å². The Balaban J connectivity index is 1.86. The molecule has 1 saturated carbocycles. The number of aliphatic hydroxyl groups is 1. The predicted molar refractivity (Wildman–Crippen MR) is 74.5 cm³/mol. The molecule has 0 aromatic carbocycles. The number of nitrogens with two attached hydrogens (primary N) is 1. The topological polar surface area (TPSA) is 52.7 Å². The van der Waals surface area contributed by atoms with Crippen LogP contribution < -0.4 is 5.73 Å².